The summed E-state index contributed by atoms with van der Waals surface area (Å²) in [7, 11) is 2.09. The Morgan fingerprint density at radius 2 is 2.56 bits per heavy atom. The molecule has 1 fully saturated rings. The van der Waals surface area contributed by atoms with Gasteiger partial charge in [0.15, 0.2) is 5.75 Å². The lowest BCUT2D eigenvalue weighted by Crippen LogP contribution is -2.42. The second kappa shape index (κ2) is 5.61. The van der Waals surface area contributed by atoms with Crippen LogP contribution in [0, 0.1) is 0 Å². The molecule has 1 aliphatic rings. The highest BCUT2D eigenvalue weighted by Gasteiger charge is 2.18. The van der Waals surface area contributed by atoms with E-state index in [1.54, 1.807) is 6.20 Å². The number of morpholine rings is 1. The molecule has 1 aliphatic heterocycles. The van der Waals surface area contributed by atoms with Gasteiger partial charge in [-0.25, -0.2) is 4.98 Å². The largest absolute Gasteiger partial charge is 0.488 e. The van der Waals surface area contributed by atoms with Gasteiger partial charge in [-0.2, -0.15) is 0 Å². The molecular formula is C11H15BrN2O2. The van der Waals surface area contributed by atoms with Crippen LogP contribution in [0.5, 0.6) is 5.75 Å². The number of aromatic nitrogens is 1. The Hall–Kier alpha value is -0.650. The first-order chi connectivity index (χ1) is 7.75. The number of halogens is 1. The fraction of sp³-hybridized carbons (Fsp3) is 0.545. The average Bonchev–Trinajstić information content (AvgIpc) is 2.28. The topological polar surface area (TPSA) is 34.6 Å². The van der Waals surface area contributed by atoms with Gasteiger partial charge in [-0.1, -0.05) is 0 Å². The fourth-order valence-corrected chi connectivity index (χ4v) is 1.99. The third kappa shape index (κ3) is 3.17. The molecule has 88 valence electrons. The molecule has 0 N–H and O–H groups in total. The summed E-state index contributed by atoms with van der Waals surface area (Å²) in [5, 5.41) is 0. The van der Waals surface area contributed by atoms with Crippen LogP contribution in [0.25, 0.3) is 0 Å². The number of hydrogen-bond acceptors (Lipinski definition) is 4. The van der Waals surface area contributed by atoms with Crippen molar-refractivity contribution in [2.75, 3.05) is 33.4 Å². The highest BCUT2D eigenvalue weighted by molar-refractivity contribution is 9.10. The second-order valence-electron chi connectivity index (χ2n) is 3.86. The van der Waals surface area contributed by atoms with Crippen molar-refractivity contribution in [3.63, 3.8) is 0 Å². The van der Waals surface area contributed by atoms with Crippen LogP contribution in [0.1, 0.15) is 0 Å². The number of pyridine rings is 1. The van der Waals surface area contributed by atoms with Gasteiger partial charge in [-0.3, -0.25) is 0 Å². The minimum absolute atomic E-state index is 0.144. The molecule has 1 saturated heterocycles. The maximum absolute atomic E-state index is 5.66. The van der Waals surface area contributed by atoms with Crippen molar-refractivity contribution in [1.82, 2.24) is 9.88 Å². The SMILES string of the molecule is CN1CCOC(COc2cccnc2Br)C1. The summed E-state index contributed by atoms with van der Waals surface area (Å²) < 4.78 is 12.0. The van der Waals surface area contributed by atoms with E-state index in [2.05, 4.69) is 32.9 Å². The molecule has 2 rings (SSSR count). The highest BCUT2D eigenvalue weighted by Crippen LogP contribution is 2.21. The second-order valence-corrected chi connectivity index (χ2v) is 4.61. The first kappa shape index (κ1) is 11.8. The van der Waals surface area contributed by atoms with Gasteiger partial charge >= 0.3 is 0 Å². The zero-order chi connectivity index (χ0) is 11.4. The van der Waals surface area contributed by atoms with Crippen LogP contribution in [0.4, 0.5) is 0 Å². The Morgan fingerprint density at radius 3 is 3.31 bits per heavy atom. The lowest BCUT2D eigenvalue weighted by molar-refractivity contribution is -0.0405. The van der Waals surface area contributed by atoms with E-state index < -0.39 is 0 Å². The number of hydrogen-bond donors (Lipinski definition) is 0. The van der Waals surface area contributed by atoms with Crippen molar-refractivity contribution in [3.8, 4) is 5.75 Å². The van der Waals surface area contributed by atoms with Crippen molar-refractivity contribution in [2.24, 2.45) is 0 Å². The zero-order valence-corrected chi connectivity index (χ0v) is 10.8. The summed E-state index contributed by atoms with van der Waals surface area (Å²) in [5.74, 6) is 0.763. The van der Waals surface area contributed by atoms with Crippen LogP contribution in [0.3, 0.4) is 0 Å². The van der Waals surface area contributed by atoms with E-state index in [0.717, 1.165) is 30.0 Å². The first-order valence-corrected chi connectivity index (χ1v) is 6.08. The summed E-state index contributed by atoms with van der Waals surface area (Å²) >= 11 is 3.35. The summed E-state index contributed by atoms with van der Waals surface area (Å²) in [6.45, 7) is 3.25. The molecule has 0 radical (unpaired) electrons. The van der Waals surface area contributed by atoms with Gasteiger partial charge in [0.05, 0.1) is 6.61 Å². The fourth-order valence-electron chi connectivity index (χ4n) is 1.63. The molecule has 1 atom stereocenters. The zero-order valence-electron chi connectivity index (χ0n) is 9.23. The third-order valence-electron chi connectivity index (χ3n) is 2.49. The van der Waals surface area contributed by atoms with E-state index in [4.69, 9.17) is 9.47 Å². The van der Waals surface area contributed by atoms with Crippen LogP contribution >= 0.6 is 15.9 Å². The smallest absolute Gasteiger partial charge is 0.152 e. The third-order valence-corrected chi connectivity index (χ3v) is 3.09. The van der Waals surface area contributed by atoms with Crippen molar-refractivity contribution >= 4 is 15.9 Å². The van der Waals surface area contributed by atoms with E-state index in [9.17, 15) is 0 Å². The number of likely N-dealkylation sites (N-methyl/N-ethyl adjacent to an activating group) is 1. The molecule has 5 heteroatoms. The quantitative estimate of drug-likeness (QED) is 0.790. The van der Waals surface area contributed by atoms with Gasteiger partial charge < -0.3 is 14.4 Å². The number of nitrogens with zero attached hydrogens (tertiary/aromatic N) is 2. The molecule has 1 aromatic rings. The maximum Gasteiger partial charge on any atom is 0.152 e. The molecule has 16 heavy (non-hydrogen) atoms. The summed E-state index contributed by atoms with van der Waals surface area (Å²) in [5.41, 5.74) is 0. The monoisotopic (exact) mass is 286 g/mol. The van der Waals surface area contributed by atoms with Crippen LogP contribution < -0.4 is 4.74 Å². The Morgan fingerprint density at radius 1 is 1.69 bits per heavy atom. The molecule has 0 bridgehead atoms. The normalized spacial score (nSPS) is 22.0. The van der Waals surface area contributed by atoms with Crippen LogP contribution in [0.2, 0.25) is 0 Å². The van der Waals surface area contributed by atoms with Crippen molar-refractivity contribution in [2.45, 2.75) is 6.10 Å². The van der Waals surface area contributed by atoms with Crippen LogP contribution in [-0.2, 0) is 4.74 Å². The minimum Gasteiger partial charge on any atom is -0.488 e. The Labute approximate surface area is 104 Å². The molecule has 0 saturated carbocycles. The Balaban J connectivity index is 1.85. The molecule has 0 amide bonds. The van der Waals surface area contributed by atoms with E-state index in [-0.39, 0.29) is 6.10 Å². The first-order valence-electron chi connectivity index (χ1n) is 5.29. The van der Waals surface area contributed by atoms with Crippen LogP contribution in [0.15, 0.2) is 22.9 Å². The predicted octanol–water partition coefficient (Wildman–Crippen LogP) is 1.55. The molecule has 0 spiro atoms. The molecule has 0 aliphatic carbocycles. The summed E-state index contributed by atoms with van der Waals surface area (Å²) in [6.07, 6.45) is 1.87. The maximum atomic E-state index is 5.66. The van der Waals surface area contributed by atoms with E-state index in [0.29, 0.717) is 6.61 Å². The van der Waals surface area contributed by atoms with Gasteiger partial charge in [0, 0.05) is 19.3 Å². The molecule has 4 nitrogen and oxygen atoms in total. The Bertz CT molecular complexity index is 349. The van der Waals surface area contributed by atoms with Gasteiger partial charge in [-0.05, 0) is 35.1 Å². The lowest BCUT2D eigenvalue weighted by atomic mass is 10.3. The molecule has 1 aromatic heterocycles. The van der Waals surface area contributed by atoms with Crippen LogP contribution in [-0.4, -0.2) is 49.3 Å². The van der Waals surface area contributed by atoms with E-state index in [1.807, 2.05) is 12.1 Å². The van der Waals surface area contributed by atoms with Crippen molar-refractivity contribution < 1.29 is 9.47 Å². The average molecular weight is 287 g/mol. The van der Waals surface area contributed by atoms with E-state index >= 15 is 0 Å². The number of ether oxygens (including phenoxy) is 2. The van der Waals surface area contributed by atoms with Crippen molar-refractivity contribution in [3.05, 3.63) is 22.9 Å². The van der Waals surface area contributed by atoms with Gasteiger partial charge in [0.1, 0.15) is 17.3 Å². The summed E-state index contributed by atoms with van der Waals surface area (Å²) in [4.78, 5) is 6.34. The van der Waals surface area contributed by atoms with Gasteiger partial charge in [0.25, 0.3) is 0 Å². The van der Waals surface area contributed by atoms with Gasteiger partial charge in [0.2, 0.25) is 0 Å². The molecular weight excluding hydrogens is 272 g/mol. The van der Waals surface area contributed by atoms with Gasteiger partial charge in [-0.15, -0.1) is 0 Å². The molecule has 2 heterocycles. The lowest BCUT2D eigenvalue weighted by Gasteiger charge is -2.29. The molecule has 1 unspecified atom stereocenters. The van der Waals surface area contributed by atoms with Crippen molar-refractivity contribution in [1.29, 1.82) is 0 Å². The minimum atomic E-state index is 0.144. The Kier molecular flexibility index (Phi) is 4.15. The predicted molar refractivity (Wildman–Crippen MR) is 64.7 cm³/mol. The standard InChI is InChI=1S/C11H15BrN2O2/c1-14-5-6-15-9(7-14)8-16-10-3-2-4-13-11(10)12/h2-4,9H,5-8H2,1H3. The van der Waals surface area contributed by atoms with E-state index in [1.165, 1.54) is 0 Å². The summed E-state index contributed by atoms with van der Waals surface area (Å²) in [6, 6.07) is 3.75. The highest BCUT2D eigenvalue weighted by atomic mass is 79.9. The molecule has 0 aromatic carbocycles. The number of rotatable bonds is 3.